The largest absolute Gasteiger partial charge is 0.481 e. The molecule has 3 rings (SSSR count). The summed E-state index contributed by atoms with van der Waals surface area (Å²) >= 11 is 0. The van der Waals surface area contributed by atoms with Gasteiger partial charge in [-0.2, -0.15) is 0 Å². The second kappa shape index (κ2) is 8.98. The van der Waals surface area contributed by atoms with Crippen LogP contribution in [0.25, 0.3) is 11.5 Å². The van der Waals surface area contributed by atoms with Gasteiger partial charge in [0.15, 0.2) is 6.10 Å². The molecule has 2 aromatic carbocycles. The second-order valence-electron chi connectivity index (χ2n) is 6.29. The van der Waals surface area contributed by atoms with Gasteiger partial charge < -0.3 is 14.5 Å². The van der Waals surface area contributed by atoms with Crippen LogP contribution in [0, 0.1) is 0 Å². The number of carbonyl (C=O) groups is 1. The average molecular weight is 365 g/mol. The molecule has 6 nitrogen and oxygen atoms in total. The first-order valence-corrected chi connectivity index (χ1v) is 9.03. The summed E-state index contributed by atoms with van der Waals surface area (Å²) < 4.78 is 10.9. The van der Waals surface area contributed by atoms with Crippen molar-refractivity contribution in [2.75, 3.05) is 6.54 Å². The third-order valence-electron chi connectivity index (χ3n) is 4.43. The molecule has 3 aromatic rings. The number of aromatic nitrogens is 2. The smallest absolute Gasteiger partial charge is 0.260 e. The van der Waals surface area contributed by atoms with Crippen molar-refractivity contribution in [1.29, 1.82) is 0 Å². The van der Waals surface area contributed by atoms with Crippen LogP contribution in [0.5, 0.6) is 5.75 Å². The molecule has 140 valence electrons. The standard InChI is InChI=1S/C21H23N3O3/c1-3-16(17-7-5-4-6-8-17)13-22-20(25)15(2)27-19-11-9-18(10-12-19)21-24-23-14-26-21/h4-12,14-16H,3,13H2,1-2H3,(H,22,25)/t15-,16+/m1/s1. The van der Waals surface area contributed by atoms with Crippen molar-refractivity contribution < 1.29 is 13.9 Å². The van der Waals surface area contributed by atoms with Gasteiger partial charge in [-0.15, -0.1) is 10.2 Å². The van der Waals surface area contributed by atoms with Gasteiger partial charge in [-0.3, -0.25) is 4.79 Å². The minimum atomic E-state index is -0.590. The summed E-state index contributed by atoms with van der Waals surface area (Å²) in [6.07, 6.45) is 1.65. The highest BCUT2D eigenvalue weighted by molar-refractivity contribution is 5.80. The highest BCUT2D eigenvalue weighted by atomic mass is 16.5. The topological polar surface area (TPSA) is 77.2 Å². The zero-order valence-corrected chi connectivity index (χ0v) is 15.5. The third-order valence-corrected chi connectivity index (χ3v) is 4.43. The van der Waals surface area contributed by atoms with Crippen molar-refractivity contribution in [1.82, 2.24) is 15.5 Å². The van der Waals surface area contributed by atoms with Crippen molar-refractivity contribution in [3.8, 4) is 17.2 Å². The van der Waals surface area contributed by atoms with Crippen LogP contribution in [-0.4, -0.2) is 28.8 Å². The quantitative estimate of drug-likeness (QED) is 0.657. The number of ether oxygens (including phenoxy) is 1. The van der Waals surface area contributed by atoms with Crippen LogP contribution in [-0.2, 0) is 4.79 Å². The summed E-state index contributed by atoms with van der Waals surface area (Å²) in [6.45, 7) is 4.45. The fraction of sp³-hybridized carbons (Fsp3) is 0.286. The Labute approximate surface area is 158 Å². The van der Waals surface area contributed by atoms with E-state index in [4.69, 9.17) is 9.15 Å². The van der Waals surface area contributed by atoms with E-state index in [1.807, 2.05) is 30.3 Å². The fourth-order valence-corrected chi connectivity index (χ4v) is 2.82. The van der Waals surface area contributed by atoms with Crippen molar-refractivity contribution in [2.24, 2.45) is 0 Å². The maximum atomic E-state index is 12.4. The van der Waals surface area contributed by atoms with Gasteiger partial charge in [0.05, 0.1) is 0 Å². The molecule has 1 N–H and O–H groups in total. The van der Waals surface area contributed by atoms with Crippen LogP contribution >= 0.6 is 0 Å². The van der Waals surface area contributed by atoms with Crippen molar-refractivity contribution in [2.45, 2.75) is 32.3 Å². The van der Waals surface area contributed by atoms with Crippen LogP contribution < -0.4 is 10.1 Å². The highest BCUT2D eigenvalue weighted by Gasteiger charge is 2.17. The SMILES string of the molecule is CC[C@@H](CNC(=O)[C@@H](C)Oc1ccc(-c2nnco2)cc1)c1ccccc1. The molecule has 0 spiro atoms. The molecule has 27 heavy (non-hydrogen) atoms. The molecule has 0 bridgehead atoms. The zero-order chi connectivity index (χ0) is 19.1. The van der Waals surface area contributed by atoms with E-state index in [0.717, 1.165) is 12.0 Å². The van der Waals surface area contributed by atoms with Gasteiger partial charge in [0.2, 0.25) is 12.3 Å². The Bertz CT molecular complexity index is 833. The number of hydrogen-bond donors (Lipinski definition) is 1. The van der Waals surface area contributed by atoms with Gasteiger partial charge in [0.1, 0.15) is 5.75 Å². The summed E-state index contributed by atoms with van der Waals surface area (Å²) in [5, 5.41) is 10.5. The van der Waals surface area contributed by atoms with E-state index in [9.17, 15) is 4.79 Å². The van der Waals surface area contributed by atoms with Crippen LogP contribution in [0.4, 0.5) is 0 Å². The van der Waals surface area contributed by atoms with E-state index in [1.54, 1.807) is 19.1 Å². The summed E-state index contributed by atoms with van der Waals surface area (Å²) in [7, 11) is 0. The Morgan fingerprint density at radius 1 is 1.15 bits per heavy atom. The Hall–Kier alpha value is -3.15. The van der Waals surface area contributed by atoms with Gasteiger partial charge in [-0.25, -0.2) is 0 Å². The lowest BCUT2D eigenvalue weighted by Gasteiger charge is -2.19. The Morgan fingerprint density at radius 3 is 2.52 bits per heavy atom. The normalized spacial score (nSPS) is 13.0. The predicted octanol–water partition coefficient (Wildman–Crippen LogP) is 3.81. The molecule has 1 heterocycles. The molecule has 0 aliphatic carbocycles. The first-order valence-electron chi connectivity index (χ1n) is 9.03. The van der Waals surface area contributed by atoms with E-state index in [1.165, 1.54) is 12.0 Å². The van der Waals surface area contributed by atoms with Crippen LogP contribution in [0.15, 0.2) is 65.4 Å². The maximum absolute atomic E-state index is 12.4. The molecular weight excluding hydrogens is 342 g/mol. The number of nitrogens with one attached hydrogen (secondary N) is 1. The number of carbonyl (C=O) groups excluding carboxylic acids is 1. The first-order chi connectivity index (χ1) is 13.2. The molecule has 0 aliphatic rings. The summed E-state index contributed by atoms with van der Waals surface area (Å²) in [4.78, 5) is 12.4. The van der Waals surface area contributed by atoms with Gasteiger partial charge in [0.25, 0.3) is 5.91 Å². The molecular formula is C21H23N3O3. The molecule has 0 fully saturated rings. The summed E-state index contributed by atoms with van der Waals surface area (Å²) in [6, 6.07) is 17.4. The molecule has 0 unspecified atom stereocenters. The number of amides is 1. The number of hydrogen-bond acceptors (Lipinski definition) is 5. The highest BCUT2D eigenvalue weighted by Crippen LogP contribution is 2.21. The Balaban J connectivity index is 1.53. The van der Waals surface area contributed by atoms with E-state index in [2.05, 4.69) is 34.6 Å². The summed E-state index contributed by atoms with van der Waals surface area (Å²) in [5.74, 6) is 1.20. The maximum Gasteiger partial charge on any atom is 0.260 e. The lowest BCUT2D eigenvalue weighted by Crippen LogP contribution is -2.38. The lowest BCUT2D eigenvalue weighted by atomic mass is 9.96. The van der Waals surface area contributed by atoms with Gasteiger partial charge in [-0.05, 0) is 43.2 Å². The minimum absolute atomic E-state index is 0.134. The van der Waals surface area contributed by atoms with Crippen molar-refractivity contribution in [3.05, 3.63) is 66.6 Å². The molecule has 0 radical (unpaired) electrons. The molecule has 2 atom stereocenters. The van der Waals surface area contributed by atoms with E-state index in [-0.39, 0.29) is 11.8 Å². The van der Waals surface area contributed by atoms with Crippen molar-refractivity contribution >= 4 is 5.91 Å². The van der Waals surface area contributed by atoms with E-state index >= 15 is 0 Å². The lowest BCUT2D eigenvalue weighted by molar-refractivity contribution is -0.127. The van der Waals surface area contributed by atoms with Crippen molar-refractivity contribution in [3.63, 3.8) is 0 Å². The fourth-order valence-electron chi connectivity index (χ4n) is 2.82. The summed E-state index contributed by atoms with van der Waals surface area (Å²) in [5.41, 5.74) is 2.02. The zero-order valence-electron chi connectivity index (χ0n) is 15.5. The first kappa shape index (κ1) is 18.6. The van der Waals surface area contributed by atoms with Gasteiger partial charge in [0, 0.05) is 18.0 Å². The number of nitrogens with zero attached hydrogens (tertiary/aromatic N) is 2. The van der Waals surface area contributed by atoms with Crippen LogP contribution in [0.3, 0.4) is 0 Å². The molecule has 6 heteroatoms. The van der Waals surface area contributed by atoms with Gasteiger partial charge in [-0.1, -0.05) is 37.3 Å². The molecule has 0 saturated heterocycles. The van der Waals surface area contributed by atoms with Gasteiger partial charge >= 0.3 is 0 Å². The van der Waals surface area contributed by atoms with E-state index in [0.29, 0.717) is 18.2 Å². The van der Waals surface area contributed by atoms with Crippen LogP contribution in [0.2, 0.25) is 0 Å². The second-order valence-corrected chi connectivity index (χ2v) is 6.29. The van der Waals surface area contributed by atoms with E-state index < -0.39 is 6.10 Å². The number of benzene rings is 2. The van der Waals surface area contributed by atoms with Crippen LogP contribution in [0.1, 0.15) is 31.7 Å². The Morgan fingerprint density at radius 2 is 1.89 bits per heavy atom. The molecule has 0 aliphatic heterocycles. The monoisotopic (exact) mass is 365 g/mol. The number of rotatable bonds is 8. The predicted molar refractivity (Wildman–Crippen MR) is 102 cm³/mol. The molecule has 1 amide bonds. The molecule has 1 aromatic heterocycles. The Kier molecular flexibility index (Phi) is 6.20. The molecule has 0 saturated carbocycles. The average Bonchev–Trinajstić information content (AvgIpc) is 3.24. The third kappa shape index (κ3) is 4.94. The minimum Gasteiger partial charge on any atom is -0.481 e.